The Kier molecular flexibility index (Phi) is 5.89. The van der Waals surface area contributed by atoms with E-state index >= 15 is 0 Å². The minimum absolute atomic E-state index is 0.00644. The van der Waals surface area contributed by atoms with E-state index in [1.165, 1.54) is 31.5 Å². The molecule has 126 valence electrons. The molecule has 2 aromatic carbocycles. The fourth-order valence-electron chi connectivity index (χ4n) is 3.11. The first-order valence-corrected chi connectivity index (χ1v) is 8.89. The van der Waals surface area contributed by atoms with Gasteiger partial charge in [-0.3, -0.25) is 9.69 Å². The predicted molar refractivity (Wildman–Crippen MR) is 98.0 cm³/mol. The van der Waals surface area contributed by atoms with Gasteiger partial charge in [-0.1, -0.05) is 54.1 Å². The predicted octanol–water partition coefficient (Wildman–Crippen LogP) is 3.79. The Morgan fingerprint density at radius 2 is 1.79 bits per heavy atom. The average molecular weight is 343 g/mol. The number of hydrogen-bond donors (Lipinski definition) is 1. The van der Waals surface area contributed by atoms with E-state index in [1.54, 1.807) is 0 Å². The zero-order valence-corrected chi connectivity index (χ0v) is 14.6. The van der Waals surface area contributed by atoms with Crippen molar-refractivity contribution in [3.63, 3.8) is 0 Å². The highest BCUT2D eigenvalue weighted by Crippen LogP contribution is 2.16. The van der Waals surface area contributed by atoms with E-state index in [4.69, 9.17) is 11.6 Å². The fourth-order valence-corrected chi connectivity index (χ4v) is 3.32. The number of benzene rings is 2. The zero-order valence-electron chi connectivity index (χ0n) is 13.8. The number of halogens is 1. The molecule has 0 spiro atoms. The third kappa shape index (κ3) is 4.83. The lowest BCUT2D eigenvalue weighted by atomic mass is 10.1. The van der Waals surface area contributed by atoms with Crippen LogP contribution in [0.25, 0.3) is 0 Å². The lowest BCUT2D eigenvalue weighted by Crippen LogP contribution is -2.25. The van der Waals surface area contributed by atoms with E-state index in [-0.39, 0.29) is 5.91 Å². The van der Waals surface area contributed by atoms with Crippen LogP contribution in [-0.4, -0.2) is 23.9 Å². The highest BCUT2D eigenvalue weighted by molar-refractivity contribution is 6.31. The second-order valence-corrected chi connectivity index (χ2v) is 6.76. The van der Waals surface area contributed by atoms with Gasteiger partial charge in [0.1, 0.15) is 0 Å². The molecule has 1 fully saturated rings. The summed E-state index contributed by atoms with van der Waals surface area (Å²) in [7, 11) is 0. The summed E-state index contributed by atoms with van der Waals surface area (Å²) < 4.78 is 0. The summed E-state index contributed by atoms with van der Waals surface area (Å²) in [4.78, 5) is 14.6. The van der Waals surface area contributed by atoms with Crippen molar-refractivity contribution >= 4 is 17.5 Å². The Bertz CT molecular complexity index is 696. The van der Waals surface area contributed by atoms with Crippen LogP contribution >= 0.6 is 11.6 Å². The molecule has 1 aliphatic rings. The van der Waals surface area contributed by atoms with Crippen molar-refractivity contribution in [3.8, 4) is 0 Å². The number of hydrogen-bond acceptors (Lipinski definition) is 2. The van der Waals surface area contributed by atoms with Gasteiger partial charge in [-0.2, -0.15) is 0 Å². The lowest BCUT2D eigenvalue weighted by molar-refractivity contribution is -0.120. The Morgan fingerprint density at radius 3 is 2.58 bits per heavy atom. The Hall–Kier alpha value is -1.84. The van der Waals surface area contributed by atoms with Crippen molar-refractivity contribution in [2.45, 2.75) is 32.4 Å². The fraction of sp³-hybridized carbons (Fsp3) is 0.350. The lowest BCUT2D eigenvalue weighted by Gasteiger charge is -2.15. The Morgan fingerprint density at radius 1 is 1.04 bits per heavy atom. The summed E-state index contributed by atoms with van der Waals surface area (Å²) in [6.07, 6.45) is 2.92. The summed E-state index contributed by atoms with van der Waals surface area (Å²) in [6, 6.07) is 15.9. The van der Waals surface area contributed by atoms with Gasteiger partial charge in [0.2, 0.25) is 5.91 Å². The molecular formula is C20H23ClN2O. The molecule has 0 radical (unpaired) electrons. The van der Waals surface area contributed by atoms with Crippen molar-refractivity contribution < 1.29 is 4.79 Å². The monoisotopic (exact) mass is 342 g/mol. The van der Waals surface area contributed by atoms with E-state index in [2.05, 4.69) is 34.5 Å². The number of likely N-dealkylation sites (tertiary alicyclic amines) is 1. The van der Waals surface area contributed by atoms with Gasteiger partial charge in [-0.15, -0.1) is 0 Å². The molecule has 0 saturated carbocycles. The molecule has 0 unspecified atom stereocenters. The van der Waals surface area contributed by atoms with Crippen LogP contribution in [-0.2, 0) is 24.3 Å². The van der Waals surface area contributed by atoms with E-state index in [1.807, 2.05) is 24.3 Å². The number of nitrogens with one attached hydrogen (secondary N) is 1. The maximum absolute atomic E-state index is 12.1. The number of amides is 1. The topological polar surface area (TPSA) is 32.3 Å². The van der Waals surface area contributed by atoms with Crippen LogP contribution in [0.5, 0.6) is 0 Å². The smallest absolute Gasteiger partial charge is 0.224 e. The van der Waals surface area contributed by atoms with Crippen molar-refractivity contribution in [1.29, 1.82) is 0 Å². The van der Waals surface area contributed by atoms with E-state index in [9.17, 15) is 4.79 Å². The standard InChI is InChI=1S/C20H23ClN2O/c21-19-9-2-1-8-18(19)13-20(24)22-14-16-6-5-7-17(12-16)15-23-10-3-4-11-23/h1-2,5-9,12H,3-4,10-11,13-15H2,(H,22,24). The van der Waals surface area contributed by atoms with Crippen LogP contribution in [0, 0.1) is 0 Å². The average Bonchev–Trinajstić information content (AvgIpc) is 3.08. The molecule has 24 heavy (non-hydrogen) atoms. The highest BCUT2D eigenvalue weighted by atomic mass is 35.5. The Labute approximate surface area is 148 Å². The van der Waals surface area contributed by atoms with Crippen molar-refractivity contribution in [1.82, 2.24) is 10.2 Å². The van der Waals surface area contributed by atoms with Gasteiger partial charge in [0.25, 0.3) is 0 Å². The maximum atomic E-state index is 12.1. The summed E-state index contributed by atoms with van der Waals surface area (Å²) >= 11 is 6.10. The van der Waals surface area contributed by atoms with Gasteiger partial charge in [-0.25, -0.2) is 0 Å². The van der Waals surface area contributed by atoms with Crippen LogP contribution in [0.1, 0.15) is 29.5 Å². The first-order chi connectivity index (χ1) is 11.7. The van der Waals surface area contributed by atoms with Crippen molar-refractivity contribution in [2.75, 3.05) is 13.1 Å². The van der Waals surface area contributed by atoms with Crippen molar-refractivity contribution in [2.24, 2.45) is 0 Å². The van der Waals surface area contributed by atoms with Crippen LogP contribution in [0.4, 0.5) is 0 Å². The molecule has 1 amide bonds. The SMILES string of the molecule is O=C(Cc1ccccc1Cl)NCc1cccc(CN2CCCC2)c1. The second-order valence-electron chi connectivity index (χ2n) is 6.35. The molecule has 3 nitrogen and oxygen atoms in total. The number of carbonyl (C=O) groups is 1. The number of carbonyl (C=O) groups excluding carboxylic acids is 1. The zero-order chi connectivity index (χ0) is 16.8. The quantitative estimate of drug-likeness (QED) is 0.866. The molecule has 1 N–H and O–H groups in total. The Balaban J connectivity index is 1.52. The molecule has 1 heterocycles. The van der Waals surface area contributed by atoms with Crippen LogP contribution < -0.4 is 5.32 Å². The van der Waals surface area contributed by atoms with Gasteiger partial charge >= 0.3 is 0 Å². The minimum atomic E-state index is -0.00644. The van der Waals surface area contributed by atoms with Gasteiger partial charge in [0.15, 0.2) is 0 Å². The van der Waals surface area contributed by atoms with E-state index in [0.29, 0.717) is 18.0 Å². The number of rotatable bonds is 6. The molecule has 0 aromatic heterocycles. The third-order valence-corrected chi connectivity index (χ3v) is 4.76. The molecule has 2 aromatic rings. The minimum Gasteiger partial charge on any atom is -0.352 e. The van der Waals surface area contributed by atoms with Crippen LogP contribution in [0.15, 0.2) is 48.5 Å². The first kappa shape index (κ1) is 17.0. The van der Waals surface area contributed by atoms with Gasteiger partial charge < -0.3 is 5.32 Å². The van der Waals surface area contributed by atoms with Crippen LogP contribution in [0.3, 0.4) is 0 Å². The summed E-state index contributed by atoms with van der Waals surface area (Å²) in [5, 5.41) is 3.62. The van der Waals surface area contributed by atoms with Gasteiger partial charge in [-0.05, 0) is 48.7 Å². The molecule has 0 aliphatic carbocycles. The largest absolute Gasteiger partial charge is 0.352 e. The normalized spacial score (nSPS) is 14.7. The molecule has 0 atom stereocenters. The molecular weight excluding hydrogens is 320 g/mol. The highest BCUT2D eigenvalue weighted by Gasteiger charge is 2.12. The van der Waals surface area contributed by atoms with Crippen LogP contribution in [0.2, 0.25) is 5.02 Å². The molecule has 4 heteroatoms. The molecule has 1 saturated heterocycles. The van der Waals surface area contributed by atoms with Crippen molar-refractivity contribution in [3.05, 3.63) is 70.2 Å². The van der Waals surface area contributed by atoms with Gasteiger partial charge in [0, 0.05) is 18.1 Å². The summed E-state index contributed by atoms with van der Waals surface area (Å²) in [6.45, 7) is 3.94. The molecule has 0 bridgehead atoms. The second kappa shape index (κ2) is 8.32. The number of nitrogens with zero attached hydrogens (tertiary/aromatic N) is 1. The van der Waals surface area contributed by atoms with Gasteiger partial charge in [0.05, 0.1) is 6.42 Å². The van der Waals surface area contributed by atoms with E-state index < -0.39 is 0 Å². The van der Waals surface area contributed by atoms with E-state index in [0.717, 1.165) is 17.7 Å². The first-order valence-electron chi connectivity index (χ1n) is 8.51. The third-order valence-electron chi connectivity index (χ3n) is 4.39. The molecule has 1 aliphatic heterocycles. The summed E-state index contributed by atoms with van der Waals surface area (Å²) in [5.41, 5.74) is 3.31. The maximum Gasteiger partial charge on any atom is 0.224 e. The summed E-state index contributed by atoms with van der Waals surface area (Å²) in [5.74, 6) is -0.00644. The molecule has 3 rings (SSSR count).